The zero-order chi connectivity index (χ0) is 18.6. The van der Waals surface area contributed by atoms with Gasteiger partial charge in [0.25, 0.3) is 0 Å². The molecule has 5 nitrogen and oxygen atoms in total. The zero-order valence-corrected chi connectivity index (χ0v) is 15.4. The fraction of sp³-hybridized carbons (Fsp3) is 0.273. The summed E-state index contributed by atoms with van der Waals surface area (Å²) in [6.07, 6.45) is 4.04. The minimum absolute atomic E-state index is 0.629. The topological polar surface area (TPSA) is 62.9 Å². The molecule has 1 N–H and O–H groups in total. The number of benzene rings is 2. The highest BCUT2D eigenvalue weighted by Crippen LogP contribution is 2.30. The van der Waals surface area contributed by atoms with Crippen LogP contribution in [0.25, 0.3) is 5.69 Å². The number of rotatable bonds is 4. The first-order chi connectivity index (χ1) is 13.3. The minimum atomic E-state index is 0.629. The lowest BCUT2D eigenvalue weighted by atomic mass is 10.0. The van der Waals surface area contributed by atoms with Crippen LogP contribution < -0.4 is 10.1 Å². The van der Waals surface area contributed by atoms with Crippen LogP contribution in [0.2, 0.25) is 0 Å². The number of fused-ring (bicyclic) bond motifs is 1. The van der Waals surface area contributed by atoms with Crippen molar-refractivity contribution >= 4 is 5.82 Å². The molecule has 3 aromatic rings. The van der Waals surface area contributed by atoms with Crippen LogP contribution in [-0.4, -0.2) is 23.4 Å². The number of methoxy groups -OCH3 is 1. The van der Waals surface area contributed by atoms with Gasteiger partial charge in [-0.05, 0) is 49.1 Å². The van der Waals surface area contributed by atoms with E-state index in [0.29, 0.717) is 5.56 Å². The van der Waals surface area contributed by atoms with Crippen molar-refractivity contribution in [3.05, 3.63) is 70.9 Å². The maximum atomic E-state index is 9.51. The highest BCUT2D eigenvalue weighted by atomic mass is 16.5. The molecule has 2 heterocycles. The molecule has 0 unspecified atom stereocenters. The van der Waals surface area contributed by atoms with E-state index in [2.05, 4.69) is 23.5 Å². The Labute approximate surface area is 159 Å². The third-order valence-corrected chi connectivity index (χ3v) is 5.00. The summed E-state index contributed by atoms with van der Waals surface area (Å²) in [6, 6.07) is 18.0. The second kappa shape index (κ2) is 7.55. The third-order valence-electron chi connectivity index (χ3n) is 5.00. The average molecular weight is 358 g/mol. The zero-order valence-electron chi connectivity index (χ0n) is 15.4. The molecule has 0 atom stereocenters. The number of hydrogen-bond acceptors (Lipinski definition) is 4. The Kier molecular flexibility index (Phi) is 4.80. The first-order valence-electron chi connectivity index (χ1n) is 9.27. The van der Waals surface area contributed by atoms with Crippen molar-refractivity contribution in [1.82, 2.24) is 9.78 Å². The molecule has 0 saturated heterocycles. The van der Waals surface area contributed by atoms with Crippen molar-refractivity contribution in [3.8, 4) is 17.5 Å². The van der Waals surface area contributed by atoms with Crippen molar-refractivity contribution in [1.29, 1.82) is 5.26 Å². The maximum absolute atomic E-state index is 9.51. The van der Waals surface area contributed by atoms with E-state index in [1.807, 2.05) is 41.1 Å². The Balaban J connectivity index is 1.78. The van der Waals surface area contributed by atoms with Gasteiger partial charge in [0, 0.05) is 18.5 Å². The van der Waals surface area contributed by atoms with E-state index in [0.717, 1.165) is 55.2 Å². The normalized spacial score (nSPS) is 13.2. The Morgan fingerprint density at radius 2 is 1.96 bits per heavy atom. The van der Waals surface area contributed by atoms with E-state index in [4.69, 9.17) is 9.84 Å². The predicted molar refractivity (Wildman–Crippen MR) is 106 cm³/mol. The average Bonchev–Trinajstić information content (AvgIpc) is 2.89. The summed E-state index contributed by atoms with van der Waals surface area (Å²) in [7, 11) is 1.68. The molecule has 0 fully saturated rings. The summed E-state index contributed by atoms with van der Waals surface area (Å²) in [5.41, 5.74) is 4.98. The smallest absolute Gasteiger partial charge is 0.133 e. The summed E-state index contributed by atoms with van der Waals surface area (Å²) in [4.78, 5) is 0. The molecule has 0 radical (unpaired) electrons. The third kappa shape index (κ3) is 3.39. The molecule has 1 aliphatic rings. The van der Waals surface area contributed by atoms with E-state index in [1.54, 1.807) is 7.11 Å². The molecule has 4 rings (SSSR count). The molecular formula is C22H22N4O. The number of aromatic nitrogens is 2. The van der Waals surface area contributed by atoms with E-state index in [1.165, 1.54) is 11.1 Å². The highest BCUT2D eigenvalue weighted by molar-refractivity contribution is 5.59. The first-order valence-corrected chi connectivity index (χ1v) is 9.27. The van der Waals surface area contributed by atoms with E-state index < -0.39 is 0 Å². The molecule has 0 saturated carbocycles. The van der Waals surface area contributed by atoms with Crippen LogP contribution in [-0.2, 0) is 12.8 Å². The van der Waals surface area contributed by atoms with E-state index in [-0.39, 0.29) is 0 Å². The molecule has 2 aromatic carbocycles. The van der Waals surface area contributed by atoms with E-state index in [9.17, 15) is 5.26 Å². The van der Waals surface area contributed by atoms with Crippen LogP contribution >= 0.6 is 0 Å². The Morgan fingerprint density at radius 1 is 1.15 bits per heavy atom. The quantitative estimate of drug-likeness (QED) is 0.763. The van der Waals surface area contributed by atoms with Crippen molar-refractivity contribution in [2.75, 3.05) is 19.0 Å². The van der Waals surface area contributed by atoms with Crippen molar-refractivity contribution in [2.45, 2.75) is 25.7 Å². The maximum Gasteiger partial charge on any atom is 0.133 e. The lowest BCUT2D eigenvalue weighted by Crippen LogP contribution is -2.08. The number of nitrogens with zero attached hydrogens (tertiary/aromatic N) is 3. The van der Waals surface area contributed by atoms with Gasteiger partial charge in [-0.1, -0.05) is 24.3 Å². The van der Waals surface area contributed by atoms with Gasteiger partial charge < -0.3 is 10.1 Å². The van der Waals surface area contributed by atoms with Crippen LogP contribution in [0.5, 0.6) is 5.75 Å². The molecule has 0 spiro atoms. The fourth-order valence-corrected chi connectivity index (χ4v) is 3.58. The summed E-state index contributed by atoms with van der Waals surface area (Å²) in [6.45, 7) is 0.926. The lowest BCUT2D eigenvalue weighted by molar-refractivity contribution is 0.414. The number of ether oxygens (including phenoxy) is 1. The number of nitriles is 1. The Bertz CT molecular complexity index is 983. The van der Waals surface area contributed by atoms with E-state index >= 15 is 0 Å². The minimum Gasteiger partial charge on any atom is -0.497 e. The summed E-state index contributed by atoms with van der Waals surface area (Å²) in [5.74, 6) is 1.88. The van der Waals surface area contributed by atoms with Crippen molar-refractivity contribution < 1.29 is 4.74 Å². The van der Waals surface area contributed by atoms with Gasteiger partial charge in [0.1, 0.15) is 17.6 Å². The molecule has 0 bridgehead atoms. The summed E-state index contributed by atoms with van der Waals surface area (Å²) >= 11 is 0. The molecule has 0 amide bonds. The van der Waals surface area contributed by atoms with Crippen LogP contribution in [0.1, 0.15) is 35.2 Å². The lowest BCUT2D eigenvalue weighted by Gasteiger charge is -2.10. The number of nitrogens with one attached hydrogen (secondary N) is 1. The molecule has 5 heteroatoms. The number of para-hydroxylation sites is 1. The first kappa shape index (κ1) is 17.2. The van der Waals surface area contributed by atoms with Crippen molar-refractivity contribution in [2.24, 2.45) is 0 Å². The van der Waals surface area contributed by atoms with Gasteiger partial charge in [-0.15, -0.1) is 0 Å². The van der Waals surface area contributed by atoms with Crippen LogP contribution in [0.4, 0.5) is 5.82 Å². The van der Waals surface area contributed by atoms with Gasteiger partial charge in [-0.25, -0.2) is 4.68 Å². The molecule has 136 valence electrons. The largest absolute Gasteiger partial charge is 0.497 e. The Morgan fingerprint density at radius 3 is 2.74 bits per heavy atom. The second-order valence-electron chi connectivity index (χ2n) is 6.72. The molecular weight excluding hydrogens is 336 g/mol. The van der Waals surface area contributed by atoms with Gasteiger partial charge in [-0.2, -0.15) is 10.4 Å². The summed E-state index contributed by atoms with van der Waals surface area (Å²) in [5, 5.41) is 18.0. The van der Waals surface area contributed by atoms with Crippen LogP contribution in [0, 0.1) is 11.3 Å². The Hall–Kier alpha value is -3.26. The predicted octanol–water partition coefficient (Wildman–Crippen LogP) is 4.09. The SMILES string of the molecule is COc1ccc(Cc2nn(-c3ccccc3C#N)c3c2CCCCN3)cc1. The molecule has 0 aliphatic carbocycles. The fourth-order valence-electron chi connectivity index (χ4n) is 3.58. The second-order valence-corrected chi connectivity index (χ2v) is 6.72. The highest BCUT2D eigenvalue weighted by Gasteiger charge is 2.21. The van der Waals surface area contributed by atoms with Gasteiger partial charge in [0.2, 0.25) is 0 Å². The van der Waals surface area contributed by atoms with Crippen LogP contribution in [0.15, 0.2) is 48.5 Å². The van der Waals surface area contributed by atoms with Gasteiger partial charge in [0.15, 0.2) is 0 Å². The van der Waals surface area contributed by atoms with Crippen LogP contribution in [0.3, 0.4) is 0 Å². The summed E-state index contributed by atoms with van der Waals surface area (Å²) < 4.78 is 7.17. The molecule has 27 heavy (non-hydrogen) atoms. The van der Waals surface area contributed by atoms with Gasteiger partial charge in [0.05, 0.1) is 24.1 Å². The monoisotopic (exact) mass is 358 g/mol. The molecule has 1 aromatic heterocycles. The number of anilines is 1. The van der Waals surface area contributed by atoms with Gasteiger partial charge in [-0.3, -0.25) is 0 Å². The standard InChI is InChI=1S/C22H22N4O/c1-27-18-11-9-16(10-12-18)14-20-19-7-4-5-13-24-22(19)26(25-20)21-8-3-2-6-17(21)15-23/h2-3,6,8-12,24H,4-5,7,13-14H2,1H3. The van der Waals surface area contributed by atoms with Crippen molar-refractivity contribution in [3.63, 3.8) is 0 Å². The number of hydrogen-bond donors (Lipinski definition) is 1. The molecule has 1 aliphatic heterocycles. The van der Waals surface area contributed by atoms with Gasteiger partial charge >= 0.3 is 0 Å².